The van der Waals surface area contributed by atoms with Crippen molar-refractivity contribution >= 4 is 29.0 Å². The van der Waals surface area contributed by atoms with Crippen LogP contribution in [-0.2, 0) is 17.9 Å². The first kappa shape index (κ1) is 23.5. The Morgan fingerprint density at radius 3 is 2.31 bits per heavy atom. The van der Waals surface area contributed by atoms with Gasteiger partial charge in [-0.15, -0.1) is 11.3 Å². The second-order valence-corrected chi connectivity index (χ2v) is 8.89. The fourth-order valence-corrected chi connectivity index (χ4v) is 4.18. The molecule has 0 unspecified atom stereocenters. The molecule has 1 N–H and O–H groups in total. The first-order valence-electron chi connectivity index (χ1n) is 10.5. The van der Waals surface area contributed by atoms with Crippen LogP contribution in [0.2, 0.25) is 0 Å². The van der Waals surface area contributed by atoms with Crippen molar-refractivity contribution in [2.45, 2.75) is 39.9 Å². The molecule has 1 aromatic heterocycles. The second kappa shape index (κ2) is 10.9. The summed E-state index contributed by atoms with van der Waals surface area (Å²) in [7, 11) is 0. The highest BCUT2D eigenvalue weighted by atomic mass is 32.1. The molecule has 0 fully saturated rings. The molecule has 0 saturated heterocycles. The summed E-state index contributed by atoms with van der Waals surface area (Å²) in [6.45, 7) is 6.50. The Morgan fingerprint density at radius 1 is 1.00 bits per heavy atom. The van der Waals surface area contributed by atoms with Gasteiger partial charge in [0.25, 0.3) is 0 Å². The van der Waals surface area contributed by atoms with Crippen molar-refractivity contribution in [3.05, 3.63) is 87.9 Å². The van der Waals surface area contributed by atoms with Crippen LogP contribution < -0.4 is 5.32 Å². The standard InChI is InChI=1S/C25H28FN3O2S/c1-18(2)29(25(31)27-22-12-8-7-11-21(22)26)17-24(30)28(15-20-9-5-4-6-10-20)16-23-19(3)13-14-32-23/h4-14,18H,15-17H2,1-3H3,(H,27,31). The number of urea groups is 1. The number of halogens is 1. The van der Waals surface area contributed by atoms with Crippen LogP contribution >= 0.6 is 11.3 Å². The SMILES string of the molecule is Cc1ccsc1CN(Cc1ccccc1)C(=O)CN(C(=O)Nc1ccccc1F)C(C)C. The molecule has 168 valence electrons. The van der Waals surface area contributed by atoms with Crippen LogP contribution in [0.25, 0.3) is 0 Å². The lowest BCUT2D eigenvalue weighted by atomic mass is 10.2. The minimum atomic E-state index is -0.519. The van der Waals surface area contributed by atoms with Crippen molar-refractivity contribution in [1.29, 1.82) is 0 Å². The lowest BCUT2D eigenvalue weighted by Crippen LogP contribution is -2.47. The van der Waals surface area contributed by atoms with Crippen molar-refractivity contribution in [3.63, 3.8) is 0 Å². The maximum Gasteiger partial charge on any atom is 0.322 e. The second-order valence-electron chi connectivity index (χ2n) is 7.89. The van der Waals surface area contributed by atoms with Gasteiger partial charge in [0.15, 0.2) is 0 Å². The zero-order valence-corrected chi connectivity index (χ0v) is 19.4. The maximum atomic E-state index is 14.0. The van der Waals surface area contributed by atoms with E-state index in [4.69, 9.17) is 0 Å². The van der Waals surface area contributed by atoms with Crippen LogP contribution in [0.3, 0.4) is 0 Å². The number of hydrogen-bond donors (Lipinski definition) is 1. The zero-order valence-electron chi connectivity index (χ0n) is 18.5. The molecule has 3 aromatic rings. The van der Waals surface area contributed by atoms with Gasteiger partial charge < -0.3 is 15.1 Å². The highest BCUT2D eigenvalue weighted by molar-refractivity contribution is 7.10. The zero-order chi connectivity index (χ0) is 23.1. The Balaban J connectivity index is 1.77. The average molecular weight is 454 g/mol. The van der Waals surface area contributed by atoms with E-state index < -0.39 is 11.8 Å². The van der Waals surface area contributed by atoms with Crippen molar-refractivity contribution in [2.24, 2.45) is 0 Å². The number of thiophene rings is 1. The number of nitrogens with zero attached hydrogens (tertiary/aromatic N) is 2. The summed E-state index contributed by atoms with van der Waals surface area (Å²) < 4.78 is 14.0. The molecule has 0 aliphatic carbocycles. The van der Waals surface area contributed by atoms with Gasteiger partial charge in [-0.2, -0.15) is 0 Å². The van der Waals surface area contributed by atoms with Gasteiger partial charge >= 0.3 is 6.03 Å². The van der Waals surface area contributed by atoms with Gasteiger partial charge in [0.1, 0.15) is 12.4 Å². The van der Waals surface area contributed by atoms with E-state index >= 15 is 0 Å². The van der Waals surface area contributed by atoms with Crippen LogP contribution in [0, 0.1) is 12.7 Å². The summed E-state index contributed by atoms with van der Waals surface area (Å²) >= 11 is 1.61. The van der Waals surface area contributed by atoms with Gasteiger partial charge in [-0.25, -0.2) is 9.18 Å². The largest absolute Gasteiger partial charge is 0.332 e. The van der Waals surface area contributed by atoms with Crippen LogP contribution in [0.4, 0.5) is 14.9 Å². The minimum Gasteiger partial charge on any atom is -0.332 e. The Kier molecular flexibility index (Phi) is 8.00. The van der Waals surface area contributed by atoms with E-state index in [1.54, 1.807) is 28.4 Å². The molecular formula is C25H28FN3O2S. The number of carbonyl (C=O) groups is 2. The van der Waals surface area contributed by atoms with E-state index in [9.17, 15) is 14.0 Å². The number of hydrogen-bond acceptors (Lipinski definition) is 3. The smallest absolute Gasteiger partial charge is 0.322 e. The first-order valence-corrected chi connectivity index (χ1v) is 11.4. The molecule has 5 nitrogen and oxygen atoms in total. The molecule has 2 aromatic carbocycles. The molecule has 3 rings (SSSR count). The van der Waals surface area contributed by atoms with E-state index in [2.05, 4.69) is 5.32 Å². The summed E-state index contributed by atoms with van der Waals surface area (Å²) in [5, 5.41) is 4.60. The van der Waals surface area contributed by atoms with Gasteiger partial charge in [0, 0.05) is 17.5 Å². The maximum absolute atomic E-state index is 14.0. The highest BCUT2D eigenvalue weighted by Crippen LogP contribution is 2.20. The van der Waals surface area contributed by atoms with E-state index in [-0.39, 0.29) is 24.2 Å². The predicted octanol–water partition coefficient (Wildman–Crippen LogP) is 5.67. The van der Waals surface area contributed by atoms with Gasteiger partial charge in [0.05, 0.1) is 12.2 Å². The van der Waals surface area contributed by atoms with Gasteiger partial charge in [-0.05, 0) is 55.5 Å². The minimum absolute atomic E-state index is 0.0888. The number of benzene rings is 2. The quantitative estimate of drug-likeness (QED) is 0.478. The molecular weight excluding hydrogens is 425 g/mol. The van der Waals surface area contributed by atoms with Crippen molar-refractivity contribution in [2.75, 3.05) is 11.9 Å². The molecule has 0 bridgehead atoms. The van der Waals surface area contributed by atoms with Gasteiger partial charge in [0.2, 0.25) is 5.91 Å². The topological polar surface area (TPSA) is 52.7 Å². The van der Waals surface area contributed by atoms with E-state index in [1.807, 2.05) is 62.5 Å². The van der Waals surface area contributed by atoms with Gasteiger partial charge in [-0.1, -0.05) is 42.5 Å². The van der Waals surface area contributed by atoms with Crippen molar-refractivity contribution in [3.8, 4) is 0 Å². The molecule has 1 heterocycles. The lowest BCUT2D eigenvalue weighted by molar-refractivity contribution is -0.133. The molecule has 0 radical (unpaired) electrons. The molecule has 7 heteroatoms. The summed E-state index contributed by atoms with van der Waals surface area (Å²) in [6.07, 6.45) is 0. The summed E-state index contributed by atoms with van der Waals surface area (Å²) in [6, 6.07) is 17.0. The molecule has 32 heavy (non-hydrogen) atoms. The van der Waals surface area contributed by atoms with Crippen LogP contribution in [0.5, 0.6) is 0 Å². The van der Waals surface area contributed by atoms with E-state index in [0.717, 1.165) is 16.0 Å². The number of carbonyl (C=O) groups excluding carboxylic acids is 2. The fourth-order valence-electron chi connectivity index (χ4n) is 3.26. The monoisotopic (exact) mass is 453 g/mol. The first-order chi connectivity index (χ1) is 15.3. The normalized spacial score (nSPS) is 10.8. The van der Waals surface area contributed by atoms with Gasteiger partial charge in [-0.3, -0.25) is 4.79 Å². The Bertz CT molecular complexity index is 1050. The molecule has 0 aliphatic heterocycles. The number of nitrogens with one attached hydrogen (secondary N) is 1. The number of anilines is 1. The van der Waals surface area contributed by atoms with E-state index in [1.165, 1.54) is 17.0 Å². The number of rotatable bonds is 8. The highest BCUT2D eigenvalue weighted by Gasteiger charge is 2.25. The number of amides is 3. The third kappa shape index (κ3) is 6.17. The Morgan fingerprint density at radius 2 is 1.69 bits per heavy atom. The Hall–Kier alpha value is -3.19. The summed E-state index contributed by atoms with van der Waals surface area (Å²) in [5.41, 5.74) is 2.24. The van der Waals surface area contributed by atoms with Crippen LogP contribution in [-0.4, -0.2) is 34.3 Å². The summed E-state index contributed by atoms with van der Waals surface area (Å²) in [4.78, 5) is 30.5. The molecule has 0 spiro atoms. The third-order valence-electron chi connectivity index (χ3n) is 5.18. The number of para-hydroxylation sites is 1. The van der Waals surface area contributed by atoms with E-state index in [0.29, 0.717) is 13.1 Å². The van der Waals surface area contributed by atoms with Crippen LogP contribution in [0.15, 0.2) is 66.0 Å². The predicted molar refractivity (Wildman–Crippen MR) is 127 cm³/mol. The molecule has 3 amide bonds. The van der Waals surface area contributed by atoms with Crippen molar-refractivity contribution in [1.82, 2.24) is 9.80 Å². The molecule has 0 aliphatic rings. The van der Waals surface area contributed by atoms with Crippen LogP contribution in [0.1, 0.15) is 29.9 Å². The summed E-state index contributed by atoms with van der Waals surface area (Å²) in [5.74, 6) is -0.686. The van der Waals surface area contributed by atoms with Crippen molar-refractivity contribution < 1.29 is 14.0 Å². The number of aryl methyl sites for hydroxylation is 1. The molecule has 0 atom stereocenters. The lowest BCUT2D eigenvalue weighted by Gasteiger charge is -2.30. The third-order valence-corrected chi connectivity index (χ3v) is 6.18. The Labute approximate surface area is 192 Å². The average Bonchev–Trinajstić information content (AvgIpc) is 3.17. The fraction of sp³-hybridized carbons (Fsp3) is 0.280. The molecule has 0 saturated carbocycles.